The van der Waals surface area contributed by atoms with Gasteiger partial charge in [0.05, 0.1) is 0 Å². The summed E-state index contributed by atoms with van der Waals surface area (Å²) in [6.45, 7) is 0. The Bertz CT molecular complexity index is 1280. The molecule has 14 fully saturated rings. The van der Waals surface area contributed by atoms with E-state index in [4.69, 9.17) is 0 Å². The molecule has 0 aliphatic heterocycles. The van der Waals surface area contributed by atoms with Gasteiger partial charge in [0.1, 0.15) is 0 Å². The molecule has 0 heterocycles. The van der Waals surface area contributed by atoms with E-state index in [1.807, 2.05) is 0 Å². The van der Waals surface area contributed by atoms with Crippen LogP contribution < -0.4 is 0 Å². The quantitative estimate of drug-likeness (QED) is 0.298. The smallest absolute Gasteiger partial charge is 0.0129 e. The van der Waals surface area contributed by atoms with Crippen LogP contribution in [0.25, 0.3) is 0 Å². The molecule has 202 valence electrons. The number of hydrogen-bond acceptors (Lipinski definition) is 0. The predicted molar refractivity (Wildman–Crippen MR) is 146 cm³/mol. The minimum absolute atomic E-state index is 1.16. The number of hydrogen-bond donors (Lipinski definition) is 0. The van der Waals surface area contributed by atoms with Crippen molar-refractivity contribution in [3.8, 4) is 0 Å². The highest BCUT2D eigenvalue weighted by molar-refractivity contribution is 5.44. The van der Waals surface area contributed by atoms with Crippen LogP contribution in [0.5, 0.6) is 0 Å². The van der Waals surface area contributed by atoms with Crippen molar-refractivity contribution in [1.29, 1.82) is 0 Å². The number of rotatable bonds is 0. The van der Waals surface area contributed by atoms with Crippen molar-refractivity contribution in [3.63, 3.8) is 0 Å². The van der Waals surface area contributed by atoms with Crippen LogP contribution in [-0.2, 0) is 0 Å². The molecule has 0 nitrogen and oxygen atoms in total. The van der Waals surface area contributed by atoms with Crippen molar-refractivity contribution in [2.75, 3.05) is 0 Å². The molecule has 0 aromatic carbocycles. The van der Waals surface area contributed by atoms with Gasteiger partial charge in [-0.3, -0.25) is 0 Å². The maximum absolute atomic E-state index is 2.33. The fourth-order valence-corrected chi connectivity index (χ4v) is 23.6. The molecule has 0 heteroatoms. The molecule has 0 aromatic rings. The maximum Gasteiger partial charge on any atom is -0.0129 e. The summed E-state index contributed by atoms with van der Waals surface area (Å²) in [5.41, 5.74) is 4.52. The van der Waals surface area contributed by atoms with E-state index in [9.17, 15) is 0 Å². The van der Waals surface area contributed by atoms with Crippen molar-refractivity contribution >= 4 is 0 Å². The molecule has 0 bridgehead atoms. The van der Waals surface area contributed by atoms with Gasteiger partial charge in [0, 0.05) is 0 Å². The third-order valence-corrected chi connectivity index (χ3v) is 21.7. The fourth-order valence-electron chi connectivity index (χ4n) is 23.6. The van der Waals surface area contributed by atoms with Crippen molar-refractivity contribution in [3.05, 3.63) is 11.1 Å². The zero-order valence-electron chi connectivity index (χ0n) is 23.5. The summed E-state index contributed by atoms with van der Waals surface area (Å²) in [5, 5.41) is 0. The minimum atomic E-state index is 1.16. The van der Waals surface area contributed by atoms with Crippen LogP contribution in [0, 0.1) is 166 Å². The van der Waals surface area contributed by atoms with E-state index in [2.05, 4.69) is 11.1 Å². The van der Waals surface area contributed by atoms with Crippen LogP contribution in [0.1, 0.15) is 57.8 Å². The van der Waals surface area contributed by atoms with Gasteiger partial charge in [-0.05, 0) is 223 Å². The lowest BCUT2D eigenvalue weighted by Crippen LogP contribution is -2.58. The van der Waals surface area contributed by atoms with Crippen molar-refractivity contribution in [2.45, 2.75) is 57.8 Å². The van der Waals surface area contributed by atoms with Crippen molar-refractivity contribution in [1.82, 2.24) is 0 Å². The number of allylic oxidation sites excluding steroid dienone is 2. The van der Waals surface area contributed by atoms with Gasteiger partial charge in [0.2, 0.25) is 0 Å². The van der Waals surface area contributed by atoms with Crippen LogP contribution in [0.4, 0.5) is 0 Å². The van der Waals surface area contributed by atoms with E-state index in [-0.39, 0.29) is 0 Å². The first-order valence-electron chi connectivity index (χ1n) is 19.1. The SMILES string of the molecule is C1C2=C3C4C5C1CC1CC6CC7CC8CC9CC%10CC(C2)C2C3C3C4C4C(C15)C6C1C7C8C5C9C(C%102)C3C5C14. The van der Waals surface area contributed by atoms with Gasteiger partial charge >= 0.3 is 0 Å². The molecule has 0 radical (unpaired) electrons. The lowest BCUT2D eigenvalue weighted by atomic mass is 9.43. The molecule has 28 atom stereocenters. The Labute approximate surface area is 234 Å². The second-order valence-corrected chi connectivity index (χ2v) is 20.6. The molecule has 16 aliphatic rings. The second-order valence-electron chi connectivity index (χ2n) is 20.6. The standard InChI is InChI=1S/C39H46/c1-10-4-16-6-12-2-14-8-18-9-15-3-13-7-17-5-11(1)20-19(10)28-25(16)30-21(12)23(14)32-27(18)33-24(15)22(13)31-26(17)29(20)35-34(28)36(30)38(32)39(33)37(31)35/h10-17,19-26,28-39H,1-9H2. The Morgan fingerprint density at radius 3 is 0.949 bits per heavy atom. The van der Waals surface area contributed by atoms with E-state index in [1.165, 1.54) is 142 Å². The van der Waals surface area contributed by atoms with Crippen LogP contribution in [-0.4, -0.2) is 0 Å². The first kappa shape index (κ1) is 19.1. The Morgan fingerprint density at radius 2 is 0.538 bits per heavy atom. The molecule has 16 rings (SSSR count). The predicted octanol–water partition coefficient (Wildman–Crippen LogP) is 7.27. The summed E-state index contributed by atoms with van der Waals surface area (Å²) in [6.07, 6.45) is 15.4. The fraction of sp³-hybridized carbons (Fsp3) is 0.949. The molecular weight excluding hydrogens is 468 g/mol. The summed E-state index contributed by atoms with van der Waals surface area (Å²) in [4.78, 5) is 0. The van der Waals surface area contributed by atoms with Crippen molar-refractivity contribution in [2.24, 2.45) is 166 Å². The van der Waals surface area contributed by atoms with Gasteiger partial charge in [-0.25, -0.2) is 0 Å². The third-order valence-electron chi connectivity index (χ3n) is 21.7. The molecule has 0 aromatic heterocycles. The van der Waals surface area contributed by atoms with E-state index in [0.29, 0.717) is 0 Å². The van der Waals surface area contributed by atoms with Gasteiger partial charge in [-0.2, -0.15) is 0 Å². The zero-order valence-corrected chi connectivity index (χ0v) is 23.5. The monoisotopic (exact) mass is 514 g/mol. The van der Waals surface area contributed by atoms with Gasteiger partial charge < -0.3 is 0 Å². The molecular formula is C39H46. The first-order chi connectivity index (χ1) is 19.3. The summed E-state index contributed by atoms with van der Waals surface area (Å²) in [6, 6.07) is 0. The molecule has 0 amide bonds. The maximum atomic E-state index is 2.33. The third kappa shape index (κ3) is 1.49. The normalized spacial score (nSPS) is 84.9. The Hall–Kier alpha value is -0.260. The largest absolute Gasteiger partial charge is 0.0698 e. The molecule has 28 unspecified atom stereocenters. The molecule has 0 saturated heterocycles. The summed E-state index contributed by atoms with van der Waals surface area (Å²) in [5.74, 6) is 34.2. The lowest BCUT2D eigenvalue weighted by Gasteiger charge is -2.61. The average molecular weight is 515 g/mol. The van der Waals surface area contributed by atoms with Gasteiger partial charge in [-0.1, -0.05) is 11.1 Å². The lowest BCUT2D eigenvalue weighted by molar-refractivity contribution is -0.152. The molecule has 14 saturated carbocycles. The second kappa shape index (κ2) is 5.23. The van der Waals surface area contributed by atoms with E-state index in [1.54, 1.807) is 57.8 Å². The van der Waals surface area contributed by atoms with Crippen molar-refractivity contribution < 1.29 is 0 Å². The van der Waals surface area contributed by atoms with Crippen LogP contribution in [0.3, 0.4) is 0 Å². The molecule has 0 spiro atoms. The van der Waals surface area contributed by atoms with Gasteiger partial charge in [-0.15, -0.1) is 0 Å². The van der Waals surface area contributed by atoms with Crippen LogP contribution >= 0.6 is 0 Å². The molecule has 0 N–H and O–H groups in total. The molecule has 16 aliphatic carbocycles. The summed E-state index contributed by atoms with van der Waals surface area (Å²) in [7, 11) is 0. The molecule has 39 heavy (non-hydrogen) atoms. The van der Waals surface area contributed by atoms with Crippen LogP contribution in [0.15, 0.2) is 11.1 Å². The Morgan fingerprint density at radius 1 is 0.256 bits per heavy atom. The topological polar surface area (TPSA) is 0 Å². The van der Waals surface area contributed by atoms with Crippen LogP contribution in [0.2, 0.25) is 0 Å². The Balaban J connectivity index is 1.08. The highest BCUT2D eigenvalue weighted by Crippen LogP contribution is 2.91. The Kier molecular flexibility index (Phi) is 2.56. The van der Waals surface area contributed by atoms with E-state index >= 15 is 0 Å². The summed E-state index contributed by atoms with van der Waals surface area (Å²) >= 11 is 0. The highest BCUT2D eigenvalue weighted by Gasteiger charge is 2.87. The van der Waals surface area contributed by atoms with E-state index in [0.717, 1.165) is 23.7 Å². The highest BCUT2D eigenvalue weighted by atomic mass is 14.9. The first-order valence-corrected chi connectivity index (χ1v) is 19.1. The average Bonchev–Trinajstić information content (AvgIpc) is 3.74. The van der Waals surface area contributed by atoms with E-state index < -0.39 is 0 Å². The minimum Gasteiger partial charge on any atom is -0.0698 e. The zero-order chi connectivity index (χ0) is 23.7. The van der Waals surface area contributed by atoms with Gasteiger partial charge in [0.25, 0.3) is 0 Å². The van der Waals surface area contributed by atoms with Gasteiger partial charge in [0.15, 0.2) is 0 Å². The summed E-state index contributed by atoms with van der Waals surface area (Å²) < 4.78 is 0.